The van der Waals surface area contributed by atoms with E-state index in [1.165, 1.54) is 24.0 Å². The van der Waals surface area contributed by atoms with E-state index in [0.29, 0.717) is 11.3 Å². The van der Waals surface area contributed by atoms with Crippen LogP contribution in [-0.4, -0.2) is 0 Å². The van der Waals surface area contributed by atoms with Gasteiger partial charge in [0.2, 0.25) is 0 Å². The molecular formula is C18H34. The molecule has 0 aliphatic heterocycles. The maximum absolute atomic E-state index is 2.52. The monoisotopic (exact) mass is 250 g/mol. The summed E-state index contributed by atoms with van der Waals surface area (Å²) in [6.07, 6.45) is 8.55. The molecule has 0 amide bonds. The molecule has 0 fully saturated rings. The van der Waals surface area contributed by atoms with Gasteiger partial charge in [-0.2, -0.15) is 0 Å². The molecule has 18 heavy (non-hydrogen) atoms. The molecule has 0 nitrogen and oxygen atoms in total. The molecule has 0 aromatic heterocycles. The van der Waals surface area contributed by atoms with E-state index in [4.69, 9.17) is 0 Å². The summed E-state index contributed by atoms with van der Waals surface area (Å²) in [5.41, 5.74) is 3.30. The van der Waals surface area contributed by atoms with Gasteiger partial charge in [-0.05, 0) is 42.6 Å². The number of hydrogen-bond acceptors (Lipinski definition) is 0. The van der Waals surface area contributed by atoms with E-state index in [2.05, 4.69) is 67.5 Å². The lowest BCUT2D eigenvalue weighted by Gasteiger charge is -2.27. The van der Waals surface area contributed by atoms with Crippen LogP contribution in [0, 0.1) is 17.3 Å². The maximum Gasteiger partial charge on any atom is -0.0166 e. The molecule has 0 aromatic carbocycles. The molecular weight excluding hydrogens is 216 g/mol. The molecule has 0 bridgehead atoms. The van der Waals surface area contributed by atoms with Crippen molar-refractivity contribution >= 4 is 0 Å². The molecule has 0 spiro atoms. The summed E-state index contributed by atoms with van der Waals surface area (Å²) in [5, 5.41) is 0. The first-order valence-electron chi connectivity index (χ1n) is 7.63. The third-order valence-electron chi connectivity index (χ3n) is 3.71. The van der Waals surface area contributed by atoms with E-state index in [9.17, 15) is 0 Å². The van der Waals surface area contributed by atoms with Crippen molar-refractivity contribution in [2.45, 2.75) is 74.7 Å². The van der Waals surface area contributed by atoms with Gasteiger partial charge in [0.05, 0.1) is 0 Å². The fourth-order valence-electron chi connectivity index (χ4n) is 2.68. The van der Waals surface area contributed by atoms with Gasteiger partial charge in [0.1, 0.15) is 0 Å². The molecule has 0 aromatic rings. The van der Waals surface area contributed by atoms with Crippen LogP contribution in [0.1, 0.15) is 74.7 Å². The van der Waals surface area contributed by atoms with Crippen LogP contribution in [0.2, 0.25) is 0 Å². The minimum absolute atomic E-state index is 0.303. The molecule has 1 atom stereocenters. The molecule has 0 saturated heterocycles. The quantitative estimate of drug-likeness (QED) is 0.459. The second-order valence-corrected chi connectivity index (χ2v) is 6.76. The van der Waals surface area contributed by atoms with E-state index >= 15 is 0 Å². The highest BCUT2D eigenvalue weighted by Crippen LogP contribution is 2.33. The molecule has 0 aliphatic carbocycles. The fourth-order valence-corrected chi connectivity index (χ4v) is 2.68. The lowest BCUT2D eigenvalue weighted by atomic mass is 9.78. The predicted octanol–water partition coefficient (Wildman–Crippen LogP) is 6.39. The first kappa shape index (κ1) is 17.5. The third-order valence-corrected chi connectivity index (χ3v) is 3.71. The van der Waals surface area contributed by atoms with E-state index in [-0.39, 0.29) is 0 Å². The first-order valence-corrected chi connectivity index (χ1v) is 7.63. The second-order valence-electron chi connectivity index (χ2n) is 6.76. The SMILES string of the molecule is CCC=C(C)C(=CC(C)(C)CC(C)CC)C(C)C. The lowest BCUT2D eigenvalue weighted by molar-refractivity contribution is 0.340. The fraction of sp³-hybridized carbons (Fsp3) is 0.778. The Morgan fingerprint density at radius 1 is 1.11 bits per heavy atom. The molecule has 1 unspecified atom stereocenters. The Morgan fingerprint density at radius 3 is 2.06 bits per heavy atom. The Bertz CT molecular complexity index is 289. The van der Waals surface area contributed by atoms with Crippen molar-refractivity contribution in [2.75, 3.05) is 0 Å². The summed E-state index contributed by atoms with van der Waals surface area (Å²) in [5.74, 6) is 1.42. The van der Waals surface area contributed by atoms with Crippen molar-refractivity contribution in [3.63, 3.8) is 0 Å². The maximum atomic E-state index is 2.52. The van der Waals surface area contributed by atoms with Crippen LogP contribution >= 0.6 is 0 Å². The molecule has 0 radical (unpaired) electrons. The van der Waals surface area contributed by atoms with Crippen molar-refractivity contribution in [3.05, 3.63) is 23.3 Å². The molecule has 0 heterocycles. The van der Waals surface area contributed by atoms with Gasteiger partial charge in [0.25, 0.3) is 0 Å². The summed E-state index contributed by atoms with van der Waals surface area (Å²) in [6, 6.07) is 0. The summed E-state index contributed by atoms with van der Waals surface area (Å²) in [7, 11) is 0. The van der Waals surface area contributed by atoms with Crippen molar-refractivity contribution in [3.8, 4) is 0 Å². The van der Waals surface area contributed by atoms with Gasteiger partial charge >= 0.3 is 0 Å². The van der Waals surface area contributed by atoms with Crippen LogP contribution in [0.15, 0.2) is 23.3 Å². The van der Waals surface area contributed by atoms with E-state index < -0.39 is 0 Å². The third kappa shape index (κ3) is 6.42. The van der Waals surface area contributed by atoms with E-state index in [1.54, 1.807) is 0 Å². The van der Waals surface area contributed by atoms with Crippen molar-refractivity contribution in [1.29, 1.82) is 0 Å². The van der Waals surface area contributed by atoms with Gasteiger partial charge < -0.3 is 0 Å². The highest BCUT2D eigenvalue weighted by Gasteiger charge is 2.20. The summed E-state index contributed by atoms with van der Waals surface area (Å²) in [4.78, 5) is 0. The van der Waals surface area contributed by atoms with Gasteiger partial charge in [-0.25, -0.2) is 0 Å². The summed E-state index contributed by atoms with van der Waals surface area (Å²) >= 11 is 0. The number of allylic oxidation sites excluding steroid dienone is 4. The van der Waals surface area contributed by atoms with Gasteiger partial charge in [0, 0.05) is 0 Å². The average Bonchev–Trinajstić information content (AvgIpc) is 2.25. The molecule has 0 rings (SSSR count). The zero-order valence-electron chi connectivity index (χ0n) is 13.9. The Kier molecular flexibility index (Phi) is 7.59. The number of hydrogen-bond donors (Lipinski definition) is 0. The summed E-state index contributed by atoms with van der Waals surface area (Å²) < 4.78 is 0. The van der Waals surface area contributed by atoms with Gasteiger partial charge in [-0.15, -0.1) is 0 Å². The van der Waals surface area contributed by atoms with E-state index in [0.717, 1.165) is 12.3 Å². The first-order chi connectivity index (χ1) is 8.23. The molecule has 0 N–H and O–H groups in total. The van der Waals surface area contributed by atoms with Crippen molar-refractivity contribution < 1.29 is 0 Å². The van der Waals surface area contributed by atoms with Crippen LogP contribution in [0.5, 0.6) is 0 Å². The van der Waals surface area contributed by atoms with Crippen molar-refractivity contribution in [2.24, 2.45) is 17.3 Å². The standard InChI is InChI=1S/C18H34/c1-9-11-16(6)17(14(3)4)13-18(7,8)12-15(5)10-2/h11,13-15H,9-10,12H2,1-8H3. The summed E-state index contributed by atoms with van der Waals surface area (Å²) in [6.45, 7) is 18.5. The van der Waals surface area contributed by atoms with Crippen LogP contribution in [0.3, 0.4) is 0 Å². The molecule has 106 valence electrons. The van der Waals surface area contributed by atoms with Crippen molar-refractivity contribution in [1.82, 2.24) is 0 Å². The molecule has 0 saturated carbocycles. The minimum Gasteiger partial charge on any atom is -0.0816 e. The second kappa shape index (κ2) is 7.81. The van der Waals surface area contributed by atoms with Crippen LogP contribution < -0.4 is 0 Å². The van der Waals surface area contributed by atoms with E-state index in [1.807, 2.05) is 0 Å². The predicted molar refractivity (Wildman–Crippen MR) is 84.8 cm³/mol. The average molecular weight is 250 g/mol. The Hall–Kier alpha value is -0.520. The highest BCUT2D eigenvalue weighted by atomic mass is 14.2. The van der Waals surface area contributed by atoms with Crippen LogP contribution in [0.4, 0.5) is 0 Å². The molecule has 0 aliphatic rings. The van der Waals surface area contributed by atoms with Crippen LogP contribution in [-0.2, 0) is 0 Å². The van der Waals surface area contributed by atoms with Gasteiger partial charge in [-0.1, -0.05) is 72.6 Å². The topological polar surface area (TPSA) is 0 Å². The normalized spacial score (nSPS) is 16.3. The minimum atomic E-state index is 0.303. The van der Waals surface area contributed by atoms with Crippen LogP contribution in [0.25, 0.3) is 0 Å². The Labute approximate surface area is 116 Å². The number of rotatable bonds is 7. The Morgan fingerprint density at radius 2 is 1.67 bits per heavy atom. The smallest absolute Gasteiger partial charge is 0.0166 e. The molecule has 0 heteroatoms. The highest BCUT2D eigenvalue weighted by molar-refractivity contribution is 5.32. The lowest BCUT2D eigenvalue weighted by Crippen LogP contribution is -2.14. The van der Waals surface area contributed by atoms with Gasteiger partial charge in [-0.3, -0.25) is 0 Å². The van der Waals surface area contributed by atoms with Gasteiger partial charge in [0.15, 0.2) is 0 Å². The zero-order chi connectivity index (χ0) is 14.3. The Balaban J connectivity index is 5.11. The largest absolute Gasteiger partial charge is 0.0816 e. The zero-order valence-corrected chi connectivity index (χ0v) is 13.9.